The first kappa shape index (κ1) is 10.7. The molecule has 0 N–H and O–H groups in total. The number of carbonyl (C=O) groups is 1. The number of hydrogen-bond donors (Lipinski definition) is 0. The van der Waals surface area contributed by atoms with E-state index in [0.717, 1.165) is 13.1 Å². The summed E-state index contributed by atoms with van der Waals surface area (Å²) in [5.41, 5.74) is 0.492. The van der Waals surface area contributed by atoms with Crippen LogP contribution in [0.15, 0.2) is 18.3 Å². The minimum absolute atomic E-state index is 0.00750. The molecular formula is C13H15FN2O. The molecule has 1 saturated heterocycles. The summed E-state index contributed by atoms with van der Waals surface area (Å²) in [5.74, 6) is 0.825. The summed E-state index contributed by atoms with van der Waals surface area (Å²) >= 11 is 0. The molecule has 1 aliphatic heterocycles. The zero-order valence-corrected chi connectivity index (χ0v) is 9.60. The molecule has 1 aromatic heterocycles. The van der Waals surface area contributed by atoms with E-state index in [4.69, 9.17) is 0 Å². The monoisotopic (exact) mass is 234 g/mol. The lowest BCUT2D eigenvalue weighted by Crippen LogP contribution is -2.29. The fourth-order valence-electron chi connectivity index (χ4n) is 3.09. The van der Waals surface area contributed by atoms with Gasteiger partial charge in [0, 0.05) is 19.3 Å². The number of nitrogens with zero attached hydrogens (tertiary/aromatic N) is 2. The number of halogens is 1. The lowest BCUT2D eigenvalue weighted by molar-refractivity contribution is 0.0780. The van der Waals surface area contributed by atoms with Gasteiger partial charge in [-0.15, -0.1) is 0 Å². The van der Waals surface area contributed by atoms with Gasteiger partial charge in [0.25, 0.3) is 5.91 Å². The second-order valence-corrected chi connectivity index (χ2v) is 5.03. The summed E-state index contributed by atoms with van der Waals surface area (Å²) in [6.07, 6.45) is 5.12. The Morgan fingerprint density at radius 1 is 1.29 bits per heavy atom. The van der Waals surface area contributed by atoms with E-state index >= 15 is 0 Å². The van der Waals surface area contributed by atoms with Crippen LogP contribution >= 0.6 is 0 Å². The topological polar surface area (TPSA) is 33.2 Å². The Balaban J connectivity index is 1.73. The number of fused-ring (bicyclic) bond motifs is 1. The minimum atomic E-state index is -0.542. The summed E-state index contributed by atoms with van der Waals surface area (Å²) in [6, 6.07) is 2.75. The molecule has 1 saturated carbocycles. The Hall–Kier alpha value is -1.45. The summed E-state index contributed by atoms with van der Waals surface area (Å²) in [4.78, 5) is 17.6. The molecule has 0 spiro atoms. The van der Waals surface area contributed by atoms with Gasteiger partial charge in [-0.2, -0.15) is 4.39 Å². The normalized spacial score (nSPS) is 27.2. The fourth-order valence-corrected chi connectivity index (χ4v) is 3.09. The number of carbonyl (C=O) groups excluding carboxylic acids is 1. The SMILES string of the molecule is O=C(c1ccc(F)nc1)N1CC2CCCC2C1. The molecule has 90 valence electrons. The van der Waals surface area contributed by atoms with E-state index in [-0.39, 0.29) is 5.91 Å². The molecule has 3 rings (SSSR count). The van der Waals surface area contributed by atoms with E-state index in [0.29, 0.717) is 17.4 Å². The van der Waals surface area contributed by atoms with Crippen LogP contribution in [-0.2, 0) is 0 Å². The Kier molecular flexibility index (Phi) is 2.57. The Bertz CT molecular complexity index is 420. The van der Waals surface area contributed by atoms with E-state index in [9.17, 15) is 9.18 Å². The zero-order valence-electron chi connectivity index (χ0n) is 9.60. The number of pyridine rings is 1. The number of rotatable bonds is 1. The number of hydrogen-bond acceptors (Lipinski definition) is 2. The molecule has 2 fully saturated rings. The molecule has 0 radical (unpaired) electrons. The highest BCUT2D eigenvalue weighted by molar-refractivity contribution is 5.94. The highest BCUT2D eigenvalue weighted by Gasteiger charge is 2.38. The molecular weight excluding hydrogens is 219 g/mol. The van der Waals surface area contributed by atoms with Crippen molar-refractivity contribution in [1.29, 1.82) is 0 Å². The average molecular weight is 234 g/mol. The van der Waals surface area contributed by atoms with Crippen LogP contribution in [0.2, 0.25) is 0 Å². The van der Waals surface area contributed by atoms with Crippen LogP contribution in [0.5, 0.6) is 0 Å². The second kappa shape index (κ2) is 4.09. The second-order valence-electron chi connectivity index (χ2n) is 5.03. The average Bonchev–Trinajstić information content (AvgIpc) is 2.89. The van der Waals surface area contributed by atoms with Crippen molar-refractivity contribution in [2.24, 2.45) is 11.8 Å². The highest BCUT2D eigenvalue weighted by Crippen LogP contribution is 2.38. The maximum atomic E-state index is 12.7. The maximum absolute atomic E-state index is 12.7. The van der Waals surface area contributed by atoms with Crippen molar-refractivity contribution in [3.63, 3.8) is 0 Å². The number of amides is 1. The minimum Gasteiger partial charge on any atom is -0.338 e. The van der Waals surface area contributed by atoms with Gasteiger partial charge in [-0.25, -0.2) is 4.98 Å². The third-order valence-corrected chi connectivity index (χ3v) is 3.99. The van der Waals surface area contributed by atoms with Gasteiger partial charge in [0.15, 0.2) is 0 Å². The molecule has 0 aromatic carbocycles. The summed E-state index contributed by atoms with van der Waals surface area (Å²) in [7, 11) is 0. The Morgan fingerprint density at radius 3 is 2.59 bits per heavy atom. The van der Waals surface area contributed by atoms with Crippen molar-refractivity contribution >= 4 is 5.91 Å². The van der Waals surface area contributed by atoms with Crippen molar-refractivity contribution in [3.8, 4) is 0 Å². The molecule has 2 heterocycles. The Labute approximate surface area is 99.6 Å². The van der Waals surface area contributed by atoms with Gasteiger partial charge in [0.1, 0.15) is 0 Å². The molecule has 0 bridgehead atoms. The molecule has 1 aromatic rings. The van der Waals surface area contributed by atoms with Crippen LogP contribution in [0.1, 0.15) is 29.6 Å². The summed E-state index contributed by atoms with van der Waals surface area (Å²) in [6.45, 7) is 1.72. The lowest BCUT2D eigenvalue weighted by Gasteiger charge is -2.16. The van der Waals surface area contributed by atoms with Crippen LogP contribution in [0.3, 0.4) is 0 Å². The maximum Gasteiger partial charge on any atom is 0.255 e. The van der Waals surface area contributed by atoms with Gasteiger partial charge in [0.2, 0.25) is 5.95 Å². The Morgan fingerprint density at radius 2 is 2.00 bits per heavy atom. The van der Waals surface area contributed by atoms with E-state index < -0.39 is 5.95 Å². The van der Waals surface area contributed by atoms with Crippen LogP contribution < -0.4 is 0 Å². The van der Waals surface area contributed by atoms with Gasteiger partial charge in [-0.3, -0.25) is 4.79 Å². The molecule has 3 nitrogen and oxygen atoms in total. The van der Waals surface area contributed by atoms with Crippen LogP contribution in [-0.4, -0.2) is 28.9 Å². The molecule has 1 amide bonds. The molecule has 2 atom stereocenters. The van der Waals surface area contributed by atoms with Crippen LogP contribution in [0, 0.1) is 17.8 Å². The largest absolute Gasteiger partial charge is 0.338 e. The van der Waals surface area contributed by atoms with Gasteiger partial charge >= 0.3 is 0 Å². The summed E-state index contributed by atoms with van der Waals surface area (Å²) < 4.78 is 12.7. The third-order valence-electron chi connectivity index (χ3n) is 3.99. The highest BCUT2D eigenvalue weighted by atomic mass is 19.1. The van der Waals surface area contributed by atoms with Gasteiger partial charge in [0.05, 0.1) is 5.56 Å². The fraction of sp³-hybridized carbons (Fsp3) is 0.538. The molecule has 2 unspecified atom stereocenters. The van der Waals surface area contributed by atoms with Crippen molar-refractivity contribution in [2.75, 3.05) is 13.1 Å². The third kappa shape index (κ3) is 1.92. The van der Waals surface area contributed by atoms with Crippen molar-refractivity contribution < 1.29 is 9.18 Å². The summed E-state index contributed by atoms with van der Waals surface area (Å²) in [5, 5.41) is 0. The molecule has 1 aliphatic carbocycles. The van der Waals surface area contributed by atoms with Gasteiger partial charge in [-0.1, -0.05) is 6.42 Å². The first-order chi connectivity index (χ1) is 8.24. The van der Waals surface area contributed by atoms with E-state index in [1.807, 2.05) is 4.90 Å². The van der Waals surface area contributed by atoms with E-state index in [2.05, 4.69) is 4.98 Å². The first-order valence-electron chi connectivity index (χ1n) is 6.15. The van der Waals surface area contributed by atoms with E-state index in [1.165, 1.54) is 37.6 Å². The predicted octanol–water partition coefficient (Wildman–Crippen LogP) is 2.09. The number of aromatic nitrogens is 1. The first-order valence-corrected chi connectivity index (χ1v) is 6.15. The van der Waals surface area contributed by atoms with Crippen molar-refractivity contribution in [3.05, 3.63) is 29.8 Å². The van der Waals surface area contributed by atoms with Crippen molar-refractivity contribution in [1.82, 2.24) is 9.88 Å². The van der Waals surface area contributed by atoms with Gasteiger partial charge in [-0.05, 0) is 36.8 Å². The van der Waals surface area contributed by atoms with Crippen molar-refractivity contribution in [2.45, 2.75) is 19.3 Å². The standard InChI is InChI=1S/C13H15FN2O/c14-12-5-4-9(6-15-12)13(17)16-7-10-2-1-3-11(10)8-16/h4-6,10-11H,1-3,7-8H2. The zero-order chi connectivity index (χ0) is 11.8. The molecule has 2 aliphatic rings. The van der Waals surface area contributed by atoms with Crippen LogP contribution in [0.4, 0.5) is 4.39 Å². The van der Waals surface area contributed by atoms with Gasteiger partial charge < -0.3 is 4.90 Å². The van der Waals surface area contributed by atoms with E-state index in [1.54, 1.807) is 0 Å². The smallest absolute Gasteiger partial charge is 0.255 e. The lowest BCUT2D eigenvalue weighted by atomic mass is 10.0. The predicted molar refractivity (Wildman–Crippen MR) is 60.9 cm³/mol. The number of likely N-dealkylation sites (tertiary alicyclic amines) is 1. The molecule has 17 heavy (non-hydrogen) atoms. The van der Waals surface area contributed by atoms with Crippen LogP contribution in [0.25, 0.3) is 0 Å². The quantitative estimate of drug-likeness (QED) is 0.697. The molecule has 4 heteroatoms.